The summed E-state index contributed by atoms with van der Waals surface area (Å²) in [5, 5.41) is 12.8. The predicted molar refractivity (Wildman–Crippen MR) is 86.7 cm³/mol. The average Bonchev–Trinajstić information content (AvgIpc) is 3.04. The second-order valence-electron chi connectivity index (χ2n) is 5.43. The third-order valence-electron chi connectivity index (χ3n) is 3.97. The molecule has 6 heteroatoms. The first kappa shape index (κ1) is 15.0. The van der Waals surface area contributed by atoms with Gasteiger partial charge >= 0.3 is 0 Å². The van der Waals surface area contributed by atoms with Crippen LogP contribution < -0.4 is 10.1 Å². The van der Waals surface area contributed by atoms with Crippen LogP contribution in [-0.4, -0.2) is 23.2 Å². The summed E-state index contributed by atoms with van der Waals surface area (Å²) in [4.78, 5) is 12.3. The molecule has 0 aliphatic heterocycles. The summed E-state index contributed by atoms with van der Waals surface area (Å²) in [5.74, 6) is 0.837. The Morgan fingerprint density at radius 1 is 1.23 bits per heavy atom. The number of ether oxygens (including phenoxy) is 1. The van der Waals surface area contributed by atoms with E-state index in [0.29, 0.717) is 22.4 Å². The Morgan fingerprint density at radius 2 is 2.00 bits per heavy atom. The molecule has 1 aliphatic rings. The van der Waals surface area contributed by atoms with E-state index in [4.69, 9.17) is 4.74 Å². The van der Waals surface area contributed by atoms with Crippen molar-refractivity contribution in [3.8, 4) is 5.75 Å². The van der Waals surface area contributed by atoms with E-state index in [1.54, 1.807) is 19.2 Å². The number of carbonyl (C=O) groups is 1. The molecule has 3 rings (SSSR count). The van der Waals surface area contributed by atoms with E-state index < -0.39 is 0 Å². The van der Waals surface area contributed by atoms with Crippen LogP contribution in [0.15, 0.2) is 24.3 Å². The lowest BCUT2D eigenvalue weighted by Gasteiger charge is -2.18. The molecular weight excluding hydrogens is 298 g/mol. The summed E-state index contributed by atoms with van der Waals surface area (Å²) in [6.07, 6.45) is 6.18. The number of nitrogens with zero attached hydrogens (tertiary/aromatic N) is 2. The van der Waals surface area contributed by atoms with Crippen molar-refractivity contribution in [2.45, 2.75) is 38.0 Å². The number of hydrogen-bond acceptors (Lipinski definition) is 5. The monoisotopic (exact) mass is 317 g/mol. The molecule has 22 heavy (non-hydrogen) atoms. The van der Waals surface area contributed by atoms with Gasteiger partial charge in [0.05, 0.1) is 12.7 Å². The number of benzene rings is 1. The Morgan fingerprint density at radius 3 is 2.77 bits per heavy atom. The largest absolute Gasteiger partial charge is 0.496 e. The molecular formula is C16H19N3O2S. The molecule has 0 atom stereocenters. The zero-order valence-electron chi connectivity index (χ0n) is 12.5. The van der Waals surface area contributed by atoms with E-state index >= 15 is 0 Å². The molecule has 1 fully saturated rings. The maximum Gasteiger partial charge on any atom is 0.261 e. The molecule has 5 nitrogen and oxygen atoms in total. The van der Waals surface area contributed by atoms with Gasteiger partial charge in [-0.25, -0.2) is 0 Å². The van der Waals surface area contributed by atoms with Gasteiger partial charge in [0.1, 0.15) is 10.8 Å². The van der Waals surface area contributed by atoms with Crippen LogP contribution in [0.4, 0.5) is 5.13 Å². The highest BCUT2D eigenvalue weighted by atomic mass is 32.1. The number of amides is 1. The summed E-state index contributed by atoms with van der Waals surface area (Å²) < 4.78 is 5.21. The number of methoxy groups -OCH3 is 1. The van der Waals surface area contributed by atoms with Crippen LogP contribution in [0.5, 0.6) is 5.75 Å². The van der Waals surface area contributed by atoms with Gasteiger partial charge in [-0.15, -0.1) is 10.2 Å². The van der Waals surface area contributed by atoms with Crippen LogP contribution in [0, 0.1) is 0 Å². The fourth-order valence-corrected chi connectivity index (χ4v) is 3.70. The Kier molecular flexibility index (Phi) is 4.68. The lowest BCUT2D eigenvalue weighted by molar-refractivity contribution is 0.102. The highest BCUT2D eigenvalue weighted by Crippen LogP contribution is 2.35. The van der Waals surface area contributed by atoms with Crippen molar-refractivity contribution in [2.24, 2.45) is 0 Å². The Bertz CT molecular complexity index is 650. The van der Waals surface area contributed by atoms with E-state index in [1.807, 2.05) is 12.1 Å². The molecule has 0 saturated heterocycles. The predicted octanol–water partition coefficient (Wildman–Crippen LogP) is 3.85. The van der Waals surface area contributed by atoms with Crippen molar-refractivity contribution in [1.29, 1.82) is 0 Å². The van der Waals surface area contributed by atoms with Crippen molar-refractivity contribution in [2.75, 3.05) is 12.4 Å². The molecule has 1 N–H and O–H groups in total. The number of nitrogens with one attached hydrogen (secondary N) is 1. The third-order valence-corrected chi connectivity index (χ3v) is 4.97. The van der Waals surface area contributed by atoms with Crippen molar-refractivity contribution >= 4 is 22.4 Å². The molecule has 1 aliphatic carbocycles. The summed E-state index contributed by atoms with van der Waals surface area (Å²) in [7, 11) is 1.55. The molecule has 116 valence electrons. The molecule has 1 saturated carbocycles. The molecule has 1 aromatic carbocycles. The third kappa shape index (κ3) is 3.27. The summed E-state index contributed by atoms with van der Waals surface area (Å²) >= 11 is 1.48. The summed E-state index contributed by atoms with van der Waals surface area (Å²) in [6.45, 7) is 0. The normalized spacial score (nSPS) is 15.5. The van der Waals surface area contributed by atoms with Crippen molar-refractivity contribution in [3.05, 3.63) is 34.8 Å². The topological polar surface area (TPSA) is 64.1 Å². The first-order valence-electron chi connectivity index (χ1n) is 7.55. The van der Waals surface area contributed by atoms with Gasteiger partial charge in [-0.3, -0.25) is 10.1 Å². The summed E-state index contributed by atoms with van der Waals surface area (Å²) in [5.41, 5.74) is 0.499. The Balaban J connectivity index is 1.70. The zero-order chi connectivity index (χ0) is 15.4. The standard InChI is InChI=1S/C16H19N3O2S/c1-21-13-10-6-5-9-12(13)14(20)17-16-19-18-15(22-16)11-7-3-2-4-8-11/h5-6,9-11H,2-4,7-8H2,1H3,(H,17,19,20). The van der Waals surface area contributed by atoms with E-state index in [9.17, 15) is 4.79 Å². The van der Waals surface area contributed by atoms with E-state index in [2.05, 4.69) is 15.5 Å². The fraction of sp³-hybridized carbons (Fsp3) is 0.438. The van der Waals surface area contributed by atoms with Crippen LogP contribution in [0.1, 0.15) is 53.4 Å². The second kappa shape index (κ2) is 6.87. The molecule has 0 spiro atoms. The van der Waals surface area contributed by atoms with Gasteiger partial charge < -0.3 is 4.74 Å². The van der Waals surface area contributed by atoms with Crippen molar-refractivity contribution in [3.63, 3.8) is 0 Å². The minimum atomic E-state index is -0.219. The van der Waals surface area contributed by atoms with Gasteiger partial charge in [-0.2, -0.15) is 0 Å². The number of para-hydroxylation sites is 1. The van der Waals surface area contributed by atoms with Crippen LogP contribution in [0.2, 0.25) is 0 Å². The van der Waals surface area contributed by atoms with E-state index in [1.165, 1.54) is 43.4 Å². The van der Waals surface area contributed by atoms with E-state index in [0.717, 1.165) is 5.01 Å². The molecule has 1 amide bonds. The first-order valence-corrected chi connectivity index (χ1v) is 8.37. The minimum absolute atomic E-state index is 0.219. The number of anilines is 1. The molecule has 1 aromatic heterocycles. The molecule has 0 bridgehead atoms. The second-order valence-corrected chi connectivity index (χ2v) is 6.44. The van der Waals surface area contributed by atoms with E-state index in [-0.39, 0.29) is 5.91 Å². The van der Waals surface area contributed by atoms with Crippen LogP contribution in [0.25, 0.3) is 0 Å². The molecule has 0 unspecified atom stereocenters. The minimum Gasteiger partial charge on any atom is -0.496 e. The van der Waals surface area contributed by atoms with Gasteiger partial charge in [0.25, 0.3) is 5.91 Å². The van der Waals surface area contributed by atoms with Gasteiger partial charge in [0, 0.05) is 5.92 Å². The van der Waals surface area contributed by atoms with Gasteiger partial charge in [-0.1, -0.05) is 42.7 Å². The fourth-order valence-electron chi connectivity index (χ4n) is 2.80. The Labute approximate surface area is 133 Å². The summed E-state index contributed by atoms with van der Waals surface area (Å²) in [6, 6.07) is 7.15. The molecule has 0 radical (unpaired) electrons. The van der Waals surface area contributed by atoms with Crippen LogP contribution in [0.3, 0.4) is 0 Å². The highest BCUT2D eigenvalue weighted by Gasteiger charge is 2.21. The van der Waals surface area contributed by atoms with Gasteiger partial charge in [-0.05, 0) is 25.0 Å². The van der Waals surface area contributed by atoms with Crippen LogP contribution in [-0.2, 0) is 0 Å². The zero-order valence-corrected chi connectivity index (χ0v) is 13.4. The van der Waals surface area contributed by atoms with Gasteiger partial charge in [0.2, 0.25) is 5.13 Å². The molecule has 1 heterocycles. The lowest BCUT2D eigenvalue weighted by atomic mass is 9.90. The lowest BCUT2D eigenvalue weighted by Crippen LogP contribution is -2.12. The highest BCUT2D eigenvalue weighted by molar-refractivity contribution is 7.15. The maximum absolute atomic E-state index is 12.3. The maximum atomic E-state index is 12.3. The van der Waals surface area contributed by atoms with Gasteiger partial charge in [0.15, 0.2) is 0 Å². The quantitative estimate of drug-likeness (QED) is 0.930. The SMILES string of the molecule is COc1ccccc1C(=O)Nc1nnc(C2CCCCC2)s1. The Hall–Kier alpha value is -1.95. The number of carbonyl (C=O) groups excluding carboxylic acids is 1. The van der Waals surface area contributed by atoms with Crippen LogP contribution >= 0.6 is 11.3 Å². The number of aromatic nitrogens is 2. The van der Waals surface area contributed by atoms with Crippen molar-refractivity contribution < 1.29 is 9.53 Å². The molecule has 2 aromatic rings. The smallest absolute Gasteiger partial charge is 0.261 e. The number of rotatable bonds is 4. The average molecular weight is 317 g/mol. The first-order chi connectivity index (χ1) is 10.8. The van der Waals surface area contributed by atoms with Crippen molar-refractivity contribution in [1.82, 2.24) is 10.2 Å². The number of hydrogen-bond donors (Lipinski definition) is 1.